The smallest absolute Gasteiger partial charge is 0.270 e. The molecule has 0 saturated carbocycles. The Morgan fingerprint density at radius 1 is 1.09 bits per heavy atom. The molecule has 34 heavy (non-hydrogen) atoms. The van der Waals surface area contributed by atoms with Crippen LogP contribution in [0.4, 0.5) is 5.69 Å². The Kier molecular flexibility index (Phi) is 6.65. The van der Waals surface area contributed by atoms with Crippen molar-refractivity contribution in [1.29, 1.82) is 0 Å². The first-order chi connectivity index (χ1) is 16.4. The van der Waals surface area contributed by atoms with E-state index in [1.807, 2.05) is 38.1 Å². The Hall–Kier alpha value is -3.71. The van der Waals surface area contributed by atoms with Crippen LogP contribution in [-0.4, -0.2) is 42.1 Å². The molecule has 0 aliphatic heterocycles. The molecule has 0 radical (unpaired) electrons. The molecule has 1 heterocycles. The third-order valence-corrected chi connectivity index (χ3v) is 6.06. The number of rotatable bonds is 8. The van der Waals surface area contributed by atoms with Crippen LogP contribution in [0.2, 0.25) is 0 Å². The summed E-state index contributed by atoms with van der Waals surface area (Å²) >= 11 is 0. The predicted molar refractivity (Wildman–Crippen MR) is 136 cm³/mol. The van der Waals surface area contributed by atoms with Crippen LogP contribution in [0.5, 0.6) is 5.75 Å². The Bertz CT molecular complexity index is 1400. The standard InChI is InChI=1S/C27H29N3O4/c1-6-29-25-11-7-19(14-23(25)24-15-20(30(31)32)8-12-26(24)29)27(28-4)22-10-9-21(13-17(22)2)34-18(3)16-33-5/h7-15,18H,6,16H2,1-5H3. The monoisotopic (exact) mass is 459 g/mol. The number of aromatic nitrogens is 1. The second-order valence-electron chi connectivity index (χ2n) is 8.37. The minimum atomic E-state index is -0.349. The number of non-ortho nitro benzene ring substituents is 1. The number of fused-ring (bicyclic) bond motifs is 3. The largest absolute Gasteiger partial charge is 0.488 e. The van der Waals surface area contributed by atoms with Gasteiger partial charge in [0.05, 0.1) is 17.2 Å². The molecule has 0 amide bonds. The fourth-order valence-electron chi connectivity index (χ4n) is 4.57. The number of benzene rings is 3. The first-order valence-corrected chi connectivity index (χ1v) is 11.3. The lowest BCUT2D eigenvalue weighted by Gasteiger charge is -2.16. The van der Waals surface area contributed by atoms with E-state index in [-0.39, 0.29) is 16.7 Å². The van der Waals surface area contributed by atoms with Crippen LogP contribution in [-0.2, 0) is 11.3 Å². The van der Waals surface area contributed by atoms with Crippen molar-refractivity contribution in [3.63, 3.8) is 0 Å². The second-order valence-corrected chi connectivity index (χ2v) is 8.37. The average Bonchev–Trinajstić information content (AvgIpc) is 3.13. The molecular weight excluding hydrogens is 430 g/mol. The van der Waals surface area contributed by atoms with Crippen LogP contribution in [0.15, 0.2) is 59.6 Å². The highest BCUT2D eigenvalue weighted by molar-refractivity contribution is 6.17. The average molecular weight is 460 g/mol. The number of hydrogen-bond donors (Lipinski definition) is 0. The molecule has 1 unspecified atom stereocenters. The van der Waals surface area contributed by atoms with Crippen LogP contribution >= 0.6 is 0 Å². The van der Waals surface area contributed by atoms with Crippen LogP contribution in [0.3, 0.4) is 0 Å². The number of aliphatic imine (C=N–C) groups is 1. The van der Waals surface area contributed by atoms with E-state index in [9.17, 15) is 10.1 Å². The molecule has 176 valence electrons. The van der Waals surface area contributed by atoms with Gasteiger partial charge in [-0.1, -0.05) is 6.07 Å². The first kappa shape index (κ1) is 23.4. The molecule has 0 aliphatic carbocycles. The summed E-state index contributed by atoms with van der Waals surface area (Å²) in [5.41, 5.74) is 6.00. The molecule has 4 rings (SSSR count). The van der Waals surface area contributed by atoms with Crippen LogP contribution in [0.25, 0.3) is 21.8 Å². The molecule has 1 atom stereocenters. The van der Waals surface area contributed by atoms with Crippen molar-refractivity contribution >= 4 is 33.2 Å². The van der Waals surface area contributed by atoms with Crippen molar-refractivity contribution < 1.29 is 14.4 Å². The Balaban J connectivity index is 1.80. The Morgan fingerprint density at radius 3 is 2.41 bits per heavy atom. The number of nitro groups is 1. The number of nitro benzene ring substituents is 1. The van der Waals surface area contributed by atoms with Gasteiger partial charge in [-0.05, 0) is 62.7 Å². The fraction of sp³-hybridized carbons (Fsp3) is 0.296. The molecule has 3 aromatic carbocycles. The summed E-state index contributed by atoms with van der Waals surface area (Å²) in [7, 11) is 3.44. The fourth-order valence-corrected chi connectivity index (χ4v) is 4.57. The van der Waals surface area contributed by atoms with Gasteiger partial charge in [0.15, 0.2) is 0 Å². The SMILES string of the molecule is CCn1c2ccc(C(=NC)c3ccc(OC(C)COC)cc3C)cc2c2cc([N+](=O)[O-])ccc21. The number of hydrogen-bond acceptors (Lipinski definition) is 5. The van der Waals surface area contributed by atoms with Gasteiger partial charge < -0.3 is 14.0 Å². The van der Waals surface area contributed by atoms with Crippen LogP contribution in [0, 0.1) is 17.0 Å². The topological polar surface area (TPSA) is 78.9 Å². The lowest BCUT2D eigenvalue weighted by molar-refractivity contribution is -0.384. The van der Waals surface area contributed by atoms with E-state index in [0.717, 1.165) is 56.5 Å². The van der Waals surface area contributed by atoms with E-state index in [1.165, 1.54) is 0 Å². The van der Waals surface area contributed by atoms with Gasteiger partial charge in [-0.3, -0.25) is 15.1 Å². The summed E-state index contributed by atoms with van der Waals surface area (Å²) in [5.74, 6) is 0.787. The molecule has 0 bridgehead atoms. The number of ether oxygens (including phenoxy) is 2. The summed E-state index contributed by atoms with van der Waals surface area (Å²) < 4.78 is 13.3. The Labute approximate surface area is 198 Å². The molecule has 0 fully saturated rings. The van der Waals surface area contributed by atoms with E-state index in [2.05, 4.69) is 34.7 Å². The van der Waals surface area contributed by atoms with E-state index in [0.29, 0.717) is 6.61 Å². The number of aryl methyl sites for hydroxylation is 2. The maximum Gasteiger partial charge on any atom is 0.270 e. The van der Waals surface area contributed by atoms with Crippen molar-refractivity contribution in [2.24, 2.45) is 4.99 Å². The van der Waals surface area contributed by atoms with Crippen molar-refractivity contribution in [3.8, 4) is 5.75 Å². The summed E-state index contributed by atoms with van der Waals surface area (Å²) in [6.07, 6.45) is -0.0445. The molecular formula is C27H29N3O4. The third-order valence-electron chi connectivity index (χ3n) is 6.06. The molecule has 4 aromatic rings. The second kappa shape index (κ2) is 9.65. The molecule has 0 aliphatic rings. The van der Waals surface area contributed by atoms with E-state index in [1.54, 1.807) is 26.3 Å². The highest BCUT2D eigenvalue weighted by Crippen LogP contribution is 2.33. The minimum Gasteiger partial charge on any atom is -0.488 e. The van der Waals surface area contributed by atoms with Crippen molar-refractivity contribution in [2.45, 2.75) is 33.4 Å². The van der Waals surface area contributed by atoms with Gasteiger partial charge in [-0.2, -0.15) is 0 Å². The summed E-state index contributed by atoms with van der Waals surface area (Å²) in [4.78, 5) is 15.7. The highest BCUT2D eigenvalue weighted by Gasteiger charge is 2.17. The molecule has 0 saturated heterocycles. The van der Waals surface area contributed by atoms with Gasteiger partial charge in [0, 0.05) is 65.8 Å². The van der Waals surface area contributed by atoms with Crippen molar-refractivity contribution in [1.82, 2.24) is 4.57 Å². The minimum absolute atomic E-state index is 0.0445. The van der Waals surface area contributed by atoms with Gasteiger partial charge >= 0.3 is 0 Å². The van der Waals surface area contributed by atoms with E-state index < -0.39 is 0 Å². The molecule has 1 aromatic heterocycles. The molecule has 7 heteroatoms. The van der Waals surface area contributed by atoms with Crippen LogP contribution in [0.1, 0.15) is 30.5 Å². The summed E-state index contributed by atoms with van der Waals surface area (Å²) in [6.45, 7) is 7.38. The predicted octanol–water partition coefficient (Wildman–Crippen LogP) is 5.91. The highest BCUT2D eigenvalue weighted by atomic mass is 16.6. The molecule has 7 nitrogen and oxygen atoms in total. The van der Waals surface area contributed by atoms with Crippen LogP contribution < -0.4 is 4.74 Å². The maximum atomic E-state index is 11.4. The van der Waals surface area contributed by atoms with E-state index in [4.69, 9.17) is 9.47 Å². The summed E-state index contributed by atoms with van der Waals surface area (Å²) in [5, 5.41) is 13.2. The van der Waals surface area contributed by atoms with Gasteiger partial charge in [-0.15, -0.1) is 0 Å². The molecule has 0 spiro atoms. The first-order valence-electron chi connectivity index (χ1n) is 11.3. The zero-order valence-corrected chi connectivity index (χ0v) is 20.2. The lowest BCUT2D eigenvalue weighted by atomic mass is 9.96. The maximum absolute atomic E-state index is 11.4. The van der Waals surface area contributed by atoms with Gasteiger partial charge in [0.2, 0.25) is 0 Å². The zero-order chi connectivity index (χ0) is 24.4. The van der Waals surface area contributed by atoms with Crippen molar-refractivity contribution in [3.05, 3.63) is 81.4 Å². The lowest BCUT2D eigenvalue weighted by Crippen LogP contribution is -2.18. The van der Waals surface area contributed by atoms with Gasteiger partial charge in [-0.25, -0.2) is 0 Å². The molecule has 0 N–H and O–H groups in total. The summed E-state index contributed by atoms with van der Waals surface area (Å²) in [6, 6.07) is 17.3. The zero-order valence-electron chi connectivity index (χ0n) is 20.2. The van der Waals surface area contributed by atoms with Gasteiger partial charge in [0.25, 0.3) is 5.69 Å². The quantitative estimate of drug-likeness (QED) is 0.186. The third kappa shape index (κ3) is 4.26. The Morgan fingerprint density at radius 2 is 1.79 bits per heavy atom. The number of nitrogens with zero attached hydrogens (tertiary/aromatic N) is 3. The van der Waals surface area contributed by atoms with E-state index >= 15 is 0 Å². The van der Waals surface area contributed by atoms with Crippen molar-refractivity contribution in [2.75, 3.05) is 20.8 Å². The number of methoxy groups -OCH3 is 1. The van der Waals surface area contributed by atoms with Gasteiger partial charge in [0.1, 0.15) is 11.9 Å². The normalized spacial score (nSPS) is 12.9.